The molecule has 1 aromatic heterocycles. The van der Waals surface area contributed by atoms with Crippen LogP contribution in [0.4, 0.5) is 4.39 Å². The van der Waals surface area contributed by atoms with Crippen LogP contribution in [0.15, 0.2) is 78.6 Å². The molecule has 4 rings (SSSR count). The molecular weight excluding hydrogens is 447 g/mol. The average molecular weight is 475 g/mol. The zero-order valence-electron chi connectivity index (χ0n) is 19.5. The van der Waals surface area contributed by atoms with Crippen molar-refractivity contribution in [2.45, 2.75) is 38.8 Å². The van der Waals surface area contributed by atoms with Crippen LogP contribution in [0.3, 0.4) is 0 Å². The van der Waals surface area contributed by atoms with Gasteiger partial charge in [0.2, 0.25) is 0 Å². The predicted octanol–water partition coefficient (Wildman–Crippen LogP) is 5.41. The van der Waals surface area contributed by atoms with Gasteiger partial charge in [0, 0.05) is 30.1 Å². The van der Waals surface area contributed by atoms with Crippen molar-refractivity contribution in [3.63, 3.8) is 0 Å². The summed E-state index contributed by atoms with van der Waals surface area (Å²) in [5.41, 5.74) is 1.00. The van der Waals surface area contributed by atoms with Gasteiger partial charge in [-0.25, -0.2) is 4.39 Å². The van der Waals surface area contributed by atoms with Crippen LogP contribution >= 0.6 is 0 Å². The van der Waals surface area contributed by atoms with E-state index < -0.39 is 23.5 Å². The molecule has 1 amide bonds. The Bertz CT molecular complexity index is 1230. The van der Waals surface area contributed by atoms with Crippen molar-refractivity contribution in [1.29, 1.82) is 0 Å². The quantitative estimate of drug-likeness (QED) is 0.194. The van der Waals surface area contributed by atoms with E-state index in [1.807, 2.05) is 0 Å². The monoisotopic (exact) mass is 474 g/mol. The Balaban J connectivity index is 1.71. The first kappa shape index (κ1) is 24.1. The standard InChI is InChI=1S/C28H27FN2O4/c1-2-3-6-16-35-21-13-11-20(12-14-21)26(32)24-25(22-9-4-5-10-23(22)29)31(28(34)27(24)33)18-19-8-7-15-30-17-19/h4-5,7-15,17,25,32H,2-3,6,16,18H2,1H3/b26-24-. The predicted molar refractivity (Wildman–Crippen MR) is 130 cm³/mol. The Hall–Kier alpha value is -4.00. The molecule has 0 bridgehead atoms. The second kappa shape index (κ2) is 11.0. The number of carbonyl (C=O) groups is 2. The molecule has 35 heavy (non-hydrogen) atoms. The van der Waals surface area contributed by atoms with E-state index in [0.29, 0.717) is 23.5 Å². The van der Waals surface area contributed by atoms with Crippen LogP contribution in [0.1, 0.15) is 48.9 Å². The zero-order valence-corrected chi connectivity index (χ0v) is 19.5. The number of halogens is 1. The number of hydrogen-bond donors (Lipinski definition) is 1. The van der Waals surface area contributed by atoms with E-state index >= 15 is 0 Å². The van der Waals surface area contributed by atoms with Gasteiger partial charge in [0.25, 0.3) is 11.7 Å². The number of unbranched alkanes of at least 4 members (excludes halogenated alkanes) is 2. The minimum atomic E-state index is -1.08. The number of benzene rings is 2. The maximum atomic E-state index is 14.9. The van der Waals surface area contributed by atoms with Gasteiger partial charge in [-0.15, -0.1) is 0 Å². The van der Waals surface area contributed by atoms with Gasteiger partial charge in [-0.3, -0.25) is 14.6 Å². The van der Waals surface area contributed by atoms with Crippen LogP contribution in [0.25, 0.3) is 5.76 Å². The summed E-state index contributed by atoms with van der Waals surface area (Å²) in [6.45, 7) is 2.75. The number of aliphatic hydroxyl groups excluding tert-OH is 1. The Morgan fingerprint density at radius 1 is 1.06 bits per heavy atom. The van der Waals surface area contributed by atoms with Gasteiger partial charge in [-0.1, -0.05) is 44.0 Å². The van der Waals surface area contributed by atoms with Crippen LogP contribution in [-0.2, 0) is 16.1 Å². The van der Waals surface area contributed by atoms with Gasteiger partial charge >= 0.3 is 0 Å². The SMILES string of the molecule is CCCCCOc1ccc(/C(O)=C2/C(=O)C(=O)N(Cc3cccnc3)C2c2ccccc2F)cc1. The number of pyridine rings is 1. The molecule has 0 spiro atoms. The lowest BCUT2D eigenvalue weighted by molar-refractivity contribution is -0.140. The Morgan fingerprint density at radius 2 is 1.83 bits per heavy atom. The van der Waals surface area contributed by atoms with Crippen LogP contribution in [0, 0.1) is 5.82 Å². The van der Waals surface area contributed by atoms with Crippen molar-refractivity contribution >= 4 is 17.4 Å². The summed E-state index contributed by atoms with van der Waals surface area (Å²) in [7, 11) is 0. The van der Waals surface area contributed by atoms with Crippen molar-refractivity contribution in [3.05, 3.63) is 101 Å². The number of ether oxygens (including phenoxy) is 1. The molecule has 6 nitrogen and oxygen atoms in total. The highest BCUT2D eigenvalue weighted by atomic mass is 19.1. The Kier molecular flexibility index (Phi) is 7.55. The lowest BCUT2D eigenvalue weighted by Gasteiger charge is -2.25. The van der Waals surface area contributed by atoms with E-state index in [0.717, 1.165) is 19.3 Å². The number of aliphatic hydroxyl groups is 1. The Labute approximate surface area is 203 Å². The maximum absolute atomic E-state index is 14.9. The number of hydrogen-bond acceptors (Lipinski definition) is 5. The van der Waals surface area contributed by atoms with Gasteiger partial charge in [-0.05, 0) is 48.4 Å². The molecule has 1 fully saturated rings. The first-order chi connectivity index (χ1) is 17.0. The fraction of sp³-hybridized carbons (Fsp3) is 0.250. The third-order valence-electron chi connectivity index (χ3n) is 5.96. The third-order valence-corrected chi connectivity index (χ3v) is 5.96. The minimum Gasteiger partial charge on any atom is -0.507 e. The normalized spacial score (nSPS) is 17.1. The molecule has 1 saturated heterocycles. The molecule has 1 N–H and O–H groups in total. The van der Waals surface area contributed by atoms with Gasteiger partial charge in [0.1, 0.15) is 17.3 Å². The van der Waals surface area contributed by atoms with Crippen molar-refractivity contribution in [1.82, 2.24) is 9.88 Å². The Morgan fingerprint density at radius 3 is 2.51 bits per heavy atom. The largest absolute Gasteiger partial charge is 0.507 e. The molecular formula is C28H27FN2O4. The molecule has 0 aliphatic carbocycles. The van der Waals surface area contributed by atoms with E-state index in [1.165, 1.54) is 23.1 Å². The summed E-state index contributed by atoms with van der Waals surface area (Å²) in [6.07, 6.45) is 6.30. The minimum absolute atomic E-state index is 0.0404. The summed E-state index contributed by atoms with van der Waals surface area (Å²) < 4.78 is 20.6. The van der Waals surface area contributed by atoms with Gasteiger partial charge in [0.05, 0.1) is 18.2 Å². The highest BCUT2D eigenvalue weighted by molar-refractivity contribution is 6.46. The van der Waals surface area contributed by atoms with Crippen molar-refractivity contribution in [2.24, 2.45) is 0 Å². The lowest BCUT2D eigenvalue weighted by Crippen LogP contribution is -2.29. The molecule has 1 unspecified atom stereocenters. The smallest absolute Gasteiger partial charge is 0.295 e. The second-order valence-electron chi connectivity index (χ2n) is 8.39. The van der Waals surface area contributed by atoms with E-state index in [2.05, 4.69) is 11.9 Å². The number of aromatic nitrogens is 1. The molecule has 1 aliphatic rings. The first-order valence-corrected chi connectivity index (χ1v) is 11.7. The number of ketones is 1. The number of carbonyl (C=O) groups excluding carboxylic acids is 2. The topological polar surface area (TPSA) is 79.7 Å². The number of rotatable bonds is 9. The highest BCUT2D eigenvalue weighted by Crippen LogP contribution is 2.41. The summed E-state index contributed by atoms with van der Waals surface area (Å²) >= 11 is 0. The second-order valence-corrected chi connectivity index (χ2v) is 8.39. The summed E-state index contributed by atoms with van der Waals surface area (Å²) in [5, 5.41) is 11.2. The summed E-state index contributed by atoms with van der Waals surface area (Å²) in [6, 6.07) is 15.0. The molecule has 2 heterocycles. The fourth-order valence-corrected chi connectivity index (χ4v) is 4.16. The van der Waals surface area contributed by atoms with E-state index in [9.17, 15) is 19.1 Å². The molecule has 3 aromatic rings. The van der Waals surface area contributed by atoms with Gasteiger partial charge in [-0.2, -0.15) is 0 Å². The van der Waals surface area contributed by atoms with E-state index in [-0.39, 0.29) is 23.4 Å². The molecule has 1 atom stereocenters. The molecule has 0 saturated carbocycles. The average Bonchev–Trinajstić information content (AvgIpc) is 3.12. The highest BCUT2D eigenvalue weighted by Gasteiger charge is 2.46. The van der Waals surface area contributed by atoms with Crippen LogP contribution in [-0.4, -0.2) is 33.3 Å². The van der Waals surface area contributed by atoms with Crippen molar-refractivity contribution in [2.75, 3.05) is 6.61 Å². The number of amides is 1. The molecule has 2 aromatic carbocycles. The molecule has 0 radical (unpaired) electrons. The van der Waals surface area contributed by atoms with Gasteiger partial charge in [0.15, 0.2) is 0 Å². The van der Waals surface area contributed by atoms with Gasteiger partial charge < -0.3 is 14.7 Å². The summed E-state index contributed by atoms with van der Waals surface area (Å²) in [5.74, 6) is -1.96. The van der Waals surface area contributed by atoms with Crippen molar-refractivity contribution < 1.29 is 23.8 Å². The third kappa shape index (κ3) is 5.24. The fourth-order valence-electron chi connectivity index (χ4n) is 4.16. The number of Topliss-reactive ketones (excluding diaryl/α,β-unsaturated/α-hetero) is 1. The number of nitrogens with zero attached hydrogens (tertiary/aromatic N) is 2. The lowest BCUT2D eigenvalue weighted by atomic mass is 9.94. The van der Waals surface area contributed by atoms with Crippen LogP contribution < -0.4 is 4.74 Å². The van der Waals surface area contributed by atoms with E-state index in [1.54, 1.807) is 54.9 Å². The van der Waals surface area contributed by atoms with Crippen LogP contribution in [0.2, 0.25) is 0 Å². The molecule has 7 heteroatoms. The summed E-state index contributed by atoms with van der Waals surface area (Å²) in [4.78, 5) is 31.5. The maximum Gasteiger partial charge on any atom is 0.295 e. The van der Waals surface area contributed by atoms with Crippen molar-refractivity contribution in [3.8, 4) is 5.75 Å². The first-order valence-electron chi connectivity index (χ1n) is 11.7. The molecule has 180 valence electrons. The number of likely N-dealkylation sites (tertiary alicyclic amines) is 1. The molecule has 1 aliphatic heterocycles. The van der Waals surface area contributed by atoms with Crippen LogP contribution in [0.5, 0.6) is 5.75 Å². The van der Waals surface area contributed by atoms with E-state index in [4.69, 9.17) is 4.74 Å². The zero-order chi connectivity index (χ0) is 24.8.